The van der Waals surface area contributed by atoms with Gasteiger partial charge in [-0.3, -0.25) is 14.7 Å². The van der Waals surface area contributed by atoms with Gasteiger partial charge in [0.15, 0.2) is 0 Å². The van der Waals surface area contributed by atoms with E-state index in [-0.39, 0.29) is 46.9 Å². The van der Waals surface area contributed by atoms with Crippen LogP contribution in [0.15, 0.2) is 42.7 Å². The van der Waals surface area contributed by atoms with E-state index in [1.54, 1.807) is 17.0 Å². The quantitative estimate of drug-likeness (QED) is 0.218. The SMILES string of the molecule is Cc1nc(C(C)(C)O[Si]C(C)(C)C)cn1C[C@H]1CN(C(=O)OC(C)(C)C)[C@H](C)CN1CC(=O)N1CC(C)(C)c2ncc(Cc3ccc(F)cc3)cc21. The first-order valence-corrected chi connectivity index (χ1v) is 19.2. The molecule has 1 saturated heterocycles. The van der Waals surface area contributed by atoms with Gasteiger partial charge in [-0.25, -0.2) is 14.2 Å². The van der Waals surface area contributed by atoms with E-state index < -0.39 is 11.2 Å². The highest BCUT2D eigenvalue weighted by Gasteiger charge is 2.42. The zero-order valence-electron chi connectivity index (χ0n) is 33.1. The summed E-state index contributed by atoms with van der Waals surface area (Å²) in [5.41, 5.74) is 2.95. The van der Waals surface area contributed by atoms with Crippen LogP contribution in [0.25, 0.3) is 0 Å². The van der Waals surface area contributed by atoms with Gasteiger partial charge in [-0.1, -0.05) is 46.8 Å². The Balaban J connectivity index is 1.40. The van der Waals surface area contributed by atoms with Crippen molar-refractivity contribution in [3.63, 3.8) is 0 Å². The zero-order chi connectivity index (χ0) is 38.4. The van der Waals surface area contributed by atoms with E-state index in [9.17, 15) is 14.0 Å². The molecule has 0 bridgehead atoms. The first-order chi connectivity index (χ1) is 24.0. The number of piperazine rings is 1. The minimum atomic E-state index is -0.631. The number of halogens is 1. The summed E-state index contributed by atoms with van der Waals surface area (Å²) >= 11 is 0. The van der Waals surface area contributed by atoms with Gasteiger partial charge in [0.25, 0.3) is 0 Å². The Kier molecular flexibility index (Phi) is 11.2. The van der Waals surface area contributed by atoms with Crippen LogP contribution in [0.2, 0.25) is 5.04 Å². The van der Waals surface area contributed by atoms with Crippen molar-refractivity contribution in [2.45, 2.75) is 130 Å². The molecule has 4 heterocycles. The lowest BCUT2D eigenvalue weighted by atomic mass is 9.91. The normalized spacial score (nSPS) is 19.6. The number of imidazole rings is 1. The van der Waals surface area contributed by atoms with Crippen LogP contribution in [0, 0.1) is 12.7 Å². The van der Waals surface area contributed by atoms with Crippen molar-refractivity contribution in [2.75, 3.05) is 31.1 Å². The topological polar surface area (TPSA) is 93.0 Å². The average molecular weight is 733 g/mol. The molecule has 3 aromatic rings. The van der Waals surface area contributed by atoms with Crippen molar-refractivity contribution < 1.29 is 23.1 Å². The van der Waals surface area contributed by atoms with Crippen molar-refractivity contribution in [1.29, 1.82) is 0 Å². The van der Waals surface area contributed by atoms with E-state index in [0.717, 1.165) is 34.0 Å². The molecule has 0 N–H and O–H groups in total. The fourth-order valence-corrected chi connectivity index (χ4v) is 7.45. The molecular formula is C40H57FN6O4Si. The maximum Gasteiger partial charge on any atom is 0.410 e. The Hall–Kier alpha value is -3.61. The molecule has 0 unspecified atom stereocenters. The fraction of sp³-hybridized carbons (Fsp3) is 0.600. The van der Waals surface area contributed by atoms with Gasteiger partial charge in [-0.15, -0.1) is 0 Å². The second-order valence-electron chi connectivity index (χ2n) is 17.7. The van der Waals surface area contributed by atoms with E-state index >= 15 is 0 Å². The molecule has 5 rings (SSSR count). The molecule has 2 aromatic heterocycles. The van der Waals surface area contributed by atoms with Crippen LogP contribution in [-0.4, -0.2) is 90.0 Å². The molecule has 1 aromatic carbocycles. The number of carbonyl (C=O) groups is 2. The lowest BCUT2D eigenvalue weighted by Crippen LogP contribution is -2.62. The maximum atomic E-state index is 14.4. The van der Waals surface area contributed by atoms with Crippen molar-refractivity contribution in [3.05, 3.63) is 76.9 Å². The molecule has 282 valence electrons. The lowest BCUT2D eigenvalue weighted by molar-refractivity contribution is -0.121. The highest BCUT2D eigenvalue weighted by Crippen LogP contribution is 2.40. The van der Waals surface area contributed by atoms with E-state index in [4.69, 9.17) is 19.1 Å². The molecule has 2 aliphatic heterocycles. The lowest BCUT2D eigenvalue weighted by Gasteiger charge is -2.45. The summed E-state index contributed by atoms with van der Waals surface area (Å²) in [6.07, 6.45) is 4.14. The second-order valence-corrected chi connectivity index (χ2v) is 19.6. The van der Waals surface area contributed by atoms with Gasteiger partial charge in [0, 0.05) is 56.1 Å². The summed E-state index contributed by atoms with van der Waals surface area (Å²) in [5.74, 6) is 0.553. The Labute approximate surface area is 312 Å². The van der Waals surface area contributed by atoms with Crippen LogP contribution in [0.1, 0.15) is 105 Å². The van der Waals surface area contributed by atoms with Gasteiger partial charge in [0.05, 0.1) is 29.2 Å². The molecule has 0 spiro atoms. The number of fused-ring (bicyclic) bond motifs is 1. The van der Waals surface area contributed by atoms with E-state index in [1.165, 1.54) is 12.1 Å². The van der Waals surface area contributed by atoms with Gasteiger partial charge < -0.3 is 23.5 Å². The second kappa shape index (κ2) is 14.7. The molecule has 0 aliphatic carbocycles. The predicted molar refractivity (Wildman–Crippen MR) is 203 cm³/mol. The fourth-order valence-electron chi connectivity index (χ4n) is 6.79. The van der Waals surface area contributed by atoms with Gasteiger partial charge in [0.1, 0.15) is 17.2 Å². The monoisotopic (exact) mass is 732 g/mol. The van der Waals surface area contributed by atoms with Crippen LogP contribution in [0.3, 0.4) is 0 Å². The summed E-state index contributed by atoms with van der Waals surface area (Å²) in [6, 6.07) is 8.17. The number of aryl methyl sites for hydroxylation is 1. The first-order valence-electron chi connectivity index (χ1n) is 18.3. The van der Waals surface area contributed by atoms with Gasteiger partial charge in [0.2, 0.25) is 15.7 Å². The number of hydrogen-bond donors (Lipinski definition) is 0. The summed E-state index contributed by atoms with van der Waals surface area (Å²) in [7, 11) is 0.309. The number of amides is 2. The number of carbonyl (C=O) groups excluding carboxylic acids is 2. The number of nitrogens with zero attached hydrogens (tertiary/aromatic N) is 6. The highest BCUT2D eigenvalue weighted by molar-refractivity contribution is 6.31. The standard InChI is InChI=1S/C40H57FN6O4Si/c1-26-20-45(24-34(48)47-25-39(9,10)35-32(47)18-29(19-42-35)17-28-13-15-30(41)16-14-28)31(22-46(26)36(49)50-37(3,4)5)21-44-23-33(43-27(44)2)40(11,12)51-52-38(6,7)8/h13-16,18-19,23,26,31H,17,20-22,24-25H2,1-12H3/t26-,31+/m1/s1. The van der Waals surface area contributed by atoms with Gasteiger partial charge in [-0.2, -0.15) is 0 Å². The minimum Gasteiger partial charge on any atom is -0.444 e. The number of rotatable bonds is 9. The molecule has 10 nitrogen and oxygen atoms in total. The molecule has 2 radical (unpaired) electrons. The predicted octanol–water partition coefficient (Wildman–Crippen LogP) is 7.04. The molecule has 1 fully saturated rings. The van der Waals surface area contributed by atoms with Crippen LogP contribution < -0.4 is 4.90 Å². The van der Waals surface area contributed by atoms with Gasteiger partial charge >= 0.3 is 6.09 Å². The van der Waals surface area contributed by atoms with Crippen molar-refractivity contribution in [2.24, 2.45) is 0 Å². The molecule has 2 atom stereocenters. The Bertz CT molecular complexity index is 1760. The summed E-state index contributed by atoms with van der Waals surface area (Å²) in [6.45, 7) is 26.5. The van der Waals surface area contributed by atoms with E-state index in [1.807, 2.05) is 65.8 Å². The first kappa shape index (κ1) is 39.6. The summed E-state index contributed by atoms with van der Waals surface area (Å²) in [5, 5.41) is 0.0388. The summed E-state index contributed by atoms with van der Waals surface area (Å²) in [4.78, 5) is 43.5. The third-order valence-corrected chi connectivity index (χ3v) is 10.8. The van der Waals surface area contributed by atoms with Crippen LogP contribution in [0.4, 0.5) is 14.9 Å². The largest absolute Gasteiger partial charge is 0.444 e. The van der Waals surface area contributed by atoms with Gasteiger partial charge in [-0.05, 0) is 89.3 Å². The number of hydrogen-bond acceptors (Lipinski definition) is 7. The molecule has 2 aliphatic rings. The molecule has 52 heavy (non-hydrogen) atoms. The van der Waals surface area contributed by atoms with Crippen LogP contribution in [0.5, 0.6) is 0 Å². The van der Waals surface area contributed by atoms with E-state index in [2.05, 4.69) is 50.2 Å². The third kappa shape index (κ3) is 9.48. The smallest absolute Gasteiger partial charge is 0.410 e. The zero-order valence-corrected chi connectivity index (χ0v) is 34.1. The highest BCUT2D eigenvalue weighted by atomic mass is 28.2. The third-order valence-electron chi connectivity index (χ3n) is 9.57. The van der Waals surface area contributed by atoms with Crippen LogP contribution >= 0.6 is 0 Å². The average Bonchev–Trinajstić information content (AvgIpc) is 3.53. The molecule has 2 amide bonds. The number of pyridine rings is 1. The van der Waals surface area contributed by atoms with Crippen LogP contribution in [-0.2, 0) is 37.9 Å². The number of anilines is 1. The van der Waals surface area contributed by atoms with E-state index in [0.29, 0.717) is 42.4 Å². The van der Waals surface area contributed by atoms with Crippen molar-refractivity contribution in [1.82, 2.24) is 24.3 Å². The molecular weight excluding hydrogens is 676 g/mol. The maximum absolute atomic E-state index is 14.4. The summed E-state index contributed by atoms with van der Waals surface area (Å²) < 4.78 is 27.9. The molecule has 0 saturated carbocycles. The number of ether oxygens (including phenoxy) is 1. The Morgan fingerprint density at radius 3 is 2.33 bits per heavy atom. The molecule has 12 heteroatoms. The van der Waals surface area contributed by atoms with Crippen molar-refractivity contribution in [3.8, 4) is 0 Å². The van der Waals surface area contributed by atoms with Crippen molar-refractivity contribution >= 4 is 27.5 Å². The Morgan fingerprint density at radius 1 is 1.02 bits per heavy atom. The Morgan fingerprint density at radius 2 is 1.69 bits per heavy atom. The number of aromatic nitrogens is 3. The minimum absolute atomic E-state index is 0.0174. The number of benzene rings is 1.